The zero-order valence-electron chi connectivity index (χ0n) is 30.7. The first-order chi connectivity index (χ1) is 27.8. The lowest BCUT2D eigenvalue weighted by Crippen LogP contribution is -2.13. The van der Waals surface area contributed by atoms with E-state index < -0.39 is 0 Å². The van der Waals surface area contributed by atoms with Gasteiger partial charge in [0.25, 0.3) is 0 Å². The van der Waals surface area contributed by atoms with Gasteiger partial charge in [0.1, 0.15) is 11.2 Å². The number of benzene rings is 9. The highest BCUT2D eigenvalue weighted by atomic mass is 16.3. The molecule has 0 N–H and O–H groups in total. The number of nitrogens with zero attached hydrogens (tertiary/aromatic N) is 1. The predicted molar refractivity (Wildman–Crippen MR) is 236 cm³/mol. The van der Waals surface area contributed by atoms with Crippen molar-refractivity contribution >= 4 is 39.0 Å². The van der Waals surface area contributed by atoms with Gasteiger partial charge in [-0.1, -0.05) is 182 Å². The molecule has 0 aliphatic rings. The normalized spacial score (nSPS) is 11.2. The molecule has 0 amide bonds. The molecule has 1 heterocycles. The standard InChI is InChI=1S/C54H37NO/c1-4-17-39(18-5-1)44-23-10-11-26-49(44)54-46(41-21-8-3-9-22-41)27-16-29-51(54)55(50-28-14-12-24-45(50)40-19-6-2-7-20-40)43-34-31-38(32-35-43)42-33-36-48-47-25-13-15-30-52(47)56-53(48)37-42/h1-37H. The van der Waals surface area contributed by atoms with Crippen LogP contribution in [0.2, 0.25) is 0 Å². The smallest absolute Gasteiger partial charge is 0.136 e. The van der Waals surface area contributed by atoms with Crippen molar-refractivity contribution in [3.8, 4) is 55.6 Å². The van der Waals surface area contributed by atoms with Crippen LogP contribution in [0.5, 0.6) is 0 Å². The lowest BCUT2D eigenvalue weighted by Gasteiger charge is -2.31. The molecule has 2 heteroatoms. The molecule has 0 aliphatic heterocycles. The van der Waals surface area contributed by atoms with Crippen LogP contribution >= 0.6 is 0 Å². The van der Waals surface area contributed by atoms with Crippen LogP contribution in [0, 0.1) is 0 Å². The molecule has 0 saturated heterocycles. The summed E-state index contributed by atoms with van der Waals surface area (Å²) in [4.78, 5) is 2.44. The van der Waals surface area contributed by atoms with Gasteiger partial charge in [-0.3, -0.25) is 0 Å². The molecule has 10 rings (SSSR count). The van der Waals surface area contributed by atoms with E-state index in [4.69, 9.17) is 4.42 Å². The summed E-state index contributed by atoms with van der Waals surface area (Å²) in [5.41, 5.74) is 16.6. The zero-order chi connectivity index (χ0) is 37.3. The van der Waals surface area contributed by atoms with Gasteiger partial charge in [-0.05, 0) is 87.0 Å². The molecule has 56 heavy (non-hydrogen) atoms. The van der Waals surface area contributed by atoms with Crippen LogP contribution < -0.4 is 4.90 Å². The van der Waals surface area contributed by atoms with Crippen LogP contribution in [0.15, 0.2) is 229 Å². The van der Waals surface area contributed by atoms with Gasteiger partial charge in [-0.15, -0.1) is 0 Å². The van der Waals surface area contributed by atoms with E-state index in [1.165, 1.54) is 33.4 Å². The van der Waals surface area contributed by atoms with E-state index >= 15 is 0 Å². The third-order valence-electron chi connectivity index (χ3n) is 10.7. The van der Waals surface area contributed by atoms with Crippen molar-refractivity contribution in [2.75, 3.05) is 4.90 Å². The first-order valence-electron chi connectivity index (χ1n) is 19.1. The van der Waals surface area contributed by atoms with Crippen molar-refractivity contribution in [3.05, 3.63) is 224 Å². The van der Waals surface area contributed by atoms with Gasteiger partial charge in [0.2, 0.25) is 0 Å². The summed E-state index contributed by atoms with van der Waals surface area (Å²) in [6.45, 7) is 0. The molecule has 0 bridgehead atoms. The van der Waals surface area contributed by atoms with Crippen molar-refractivity contribution < 1.29 is 4.42 Å². The summed E-state index contributed by atoms with van der Waals surface area (Å²) in [7, 11) is 0. The maximum Gasteiger partial charge on any atom is 0.136 e. The van der Waals surface area contributed by atoms with Crippen LogP contribution in [-0.4, -0.2) is 0 Å². The molecule has 0 atom stereocenters. The van der Waals surface area contributed by atoms with Gasteiger partial charge in [0.15, 0.2) is 0 Å². The maximum absolute atomic E-state index is 6.28. The molecule has 9 aromatic carbocycles. The van der Waals surface area contributed by atoms with Crippen LogP contribution in [-0.2, 0) is 0 Å². The van der Waals surface area contributed by atoms with Gasteiger partial charge in [-0.25, -0.2) is 0 Å². The van der Waals surface area contributed by atoms with Crippen molar-refractivity contribution in [1.29, 1.82) is 0 Å². The summed E-state index contributed by atoms with van der Waals surface area (Å²) < 4.78 is 6.28. The van der Waals surface area contributed by atoms with E-state index in [0.717, 1.165) is 61.3 Å². The highest BCUT2D eigenvalue weighted by molar-refractivity contribution is 6.06. The molecule has 0 saturated carbocycles. The second-order valence-corrected chi connectivity index (χ2v) is 14.1. The molecule has 0 fully saturated rings. The number of para-hydroxylation sites is 2. The monoisotopic (exact) mass is 715 g/mol. The van der Waals surface area contributed by atoms with E-state index in [1.807, 2.05) is 12.1 Å². The summed E-state index contributed by atoms with van der Waals surface area (Å²) in [6, 6.07) is 80.2. The van der Waals surface area contributed by atoms with Crippen LogP contribution in [0.3, 0.4) is 0 Å². The predicted octanol–water partition coefficient (Wildman–Crippen LogP) is 15.4. The first kappa shape index (κ1) is 33.2. The molecular weight excluding hydrogens is 679 g/mol. The largest absolute Gasteiger partial charge is 0.456 e. The molecule has 2 nitrogen and oxygen atoms in total. The number of hydrogen-bond acceptors (Lipinski definition) is 2. The summed E-state index contributed by atoms with van der Waals surface area (Å²) >= 11 is 0. The Kier molecular flexibility index (Phi) is 8.55. The Hall–Kier alpha value is -7.42. The summed E-state index contributed by atoms with van der Waals surface area (Å²) in [5.74, 6) is 0. The molecule has 0 aliphatic carbocycles. The van der Waals surface area contributed by atoms with E-state index in [1.54, 1.807) is 0 Å². The van der Waals surface area contributed by atoms with Crippen LogP contribution in [0.1, 0.15) is 0 Å². The number of furan rings is 1. The minimum atomic E-state index is 0.894. The number of rotatable bonds is 8. The Bertz CT molecular complexity index is 2950. The Morgan fingerprint density at radius 3 is 1.50 bits per heavy atom. The SMILES string of the molecule is c1ccc(-c2ccccc2-c2c(-c3ccccc3)cccc2N(c2ccc(-c3ccc4c(c3)oc3ccccc34)cc2)c2ccccc2-c2ccccc2)cc1. The van der Waals surface area contributed by atoms with Crippen molar-refractivity contribution in [2.24, 2.45) is 0 Å². The Morgan fingerprint density at radius 1 is 0.286 bits per heavy atom. The van der Waals surface area contributed by atoms with Crippen molar-refractivity contribution in [2.45, 2.75) is 0 Å². The Balaban J connectivity index is 1.20. The average molecular weight is 716 g/mol. The number of anilines is 3. The maximum atomic E-state index is 6.28. The molecule has 1 aromatic heterocycles. The molecule has 0 unspecified atom stereocenters. The highest BCUT2D eigenvalue weighted by Gasteiger charge is 2.24. The van der Waals surface area contributed by atoms with Gasteiger partial charge in [-0.2, -0.15) is 0 Å². The summed E-state index contributed by atoms with van der Waals surface area (Å²) in [5, 5.41) is 2.27. The van der Waals surface area contributed by atoms with E-state index in [0.29, 0.717) is 0 Å². The van der Waals surface area contributed by atoms with Gasteiger partial charge in [0, 0.05) is 27.6 Å². The zero-order valence-corrected chi connectivity index (χ0v) is 30.7. The molecular formula is C54H37NO. The fourth-order valence-electron chi connectivity index (χ4n) is 8.09. The topological polar surface area (TPSA) is 16.4 Å². The van der Waals surface area contributed by atoms with Gasteiger partial charge < -0.3 is 9.32 Å². The Labute approximate surface area is 327 Å². The Morgan fingerprint density at radius 2 is 0.786 bits per heavy atom. The van der Waals surface area contributed by atoms with E-state index in [-0.39, 0.29) is 0 Å². The van der Waals surface area contributed by atoms with Crippen molar-refractivity contribution in [3.63, 3.8) is 0 Å². The third-order valence-corrected chi connectivity index (χ3v) is 10.7. The average Bonchev–Trinajstić information content (AvgIpc) is 3.66. The molecule has 10 aromatic rings. The lowest BCUT2D eigenvalue weighted by atomic mass is 9.87. The highest BCUT2D eigenvalue weighted by Crippen LogP contribution is 2.50. The molecule has 264 valence electrons. The fraction of sp³-hybridized carbons (Fsp3) is 0. The third kappa shape index (κ3) is 6.04. The molecule has 0 spiro atoms. The second kappa shape index (κ2) is 14.4. The van der Waals surface area contributed by atoms with Crippen LogP contribution in [0.25, 0.3) is 77.6 Å². The minimum Gasteiger partial charge on any atom is -0.456 e. The molecule has 0 radical (unpaired) electrons. The van der Waals surface area contributed by atoms with Crippen molar-refractivity contribution in [1.82, 2.24) is 0 Å². The number of hydrogen-bond donors (Lipinski definition) is 0. The number of fused-ring (bicyclic) bond motifs is 3. The quantitative estimate of drug-likeness (QED) is 0.156. The van der Waals surface area contributed by atoms with E-state index in [9.17, 15) is 0 Å². The van der Waals surface area contributed by atoms with Gasteiger partial charge in [0.05, 0.1) is 11.4 Å². The van der Waals surface area contributed by atoms with Crippen LogP contribution in [0.4, 0.5) is 17.1 Å². The lowest BCUT2D eigenvalue weighted by molar-refractivity contribution is 0.669. The van der Waals surface area contributed by atoms with Gasteiger partial charge >= 0.3 is 0 Å². The minimum absolute atomic E-state index is 0.894. The summed E-state index contributed by atoms with van der Waals surface area (Å²) in [6.07, 6.45) is 0. The first-order valence-corrected chi connectivity index (χ1v) is 19.1. The fourth-order valence-corrected chi connectivity index (χ4v) is 8.09. The van der Waals surface area contributed by atoms with E-state index in [2.05, 4.69) is 217 Å². The second-order valence-electron chi connectivity index (χ2n) is 14.1.